The molecule has 0 aliphatic carbocycles. The summed E-state index contributed by atoms with van der Waals surface area (Å²) in [7, 11) is -3.66. The van der Waals surface area contributed by atoms with E-state index >= 15 is 0 Å². The van der Waals surface area contributed by atoms with Crippen LogP contribution in [0.15, 0.2) is 45.3 Å². The highest BCUT2D eigenvalue weighted by Crippen LogP contribution is 2.31. The van der Waals surface area contributed by atoms with E-state index in [-0.39, 0.29) is 10.0 Å². The Morgan fingerprint density at radius 3 is 2.64 bits per heavy atom. The number of sulfonamides is 1. The molecule has 1 N–H and O–H groups in total. The number of hydrogen-bond donors (Lipinski definition) is 1. The van der Waals surface area contributed by atoms with Crippen LogP contribution >= 0.6 is 11.3 Å². The quantitative estimate of drug-likeness (QED) is 0.791. The molecular formula is C14H13N3O3S2. The van der Waals surface area contributed by atoms with E-state index in [4.69, 9.17) is 4.52 Å². The Hall–Kier alpha value is -2.19. The van der Waals surface area contributed by atoms with Crippen LogP contribution in [-0.4, -0.2) is 18.6 Å². The Morgan fingerprint density at radius 1 is 1.18 bits per heavy atom. The number of nitrogens with one attached hydrogen (secondary N) is 1. The molecule has 0 unspecified atom stereocenters. The van der Waals surface area contributed by atoms with Gasteiger partial charge in [-0.05, 0) is 37.6 Å². The summed E-state index contributed by atoms with van der Waals surface area (Å²) < 4.78 is 32.5. The first-order chi connectivity index (χ1) is 10.4. The van der Waals surface area contributed by atoms with E-state index in [2.05, 4.69) is 14.9 Å². The molecule has 3 aromatic heterocycles. The largest absolute Gasteiger partial charge is 0.355 e. The van der Waals surface area contributed by atoms with Crippen LogP contribution in [0.5, 0.6) is 0 Å². The lowest BCUT2D eigenvalue weighted by atomic mass is 10.3. The van der Waals surface area contributed by atoms with Gasteiger partial charge in [-0.3, -0.25) is 4.72 Å². The molecule has 0 bridgehead atoms. The van der Waals surface area contributed by atoms with Crippen molar-refractivity contribution in [2.24, 2.45) is 0 Å². The summed E-state index contributed by atoms with van der Waals surface area (Å²) >= 11 is 1.12. The summed E-state index contributed by atoms with van der Waals surface area (Å²) in [6, 6.07) is 8.41. The van der Waals surface area contributed by atoms with Gasteiger partial charge < -0.3 is 4.52 Å². The van der Waals surface area contributed by atoms with E-state index in [1.165, 1.54) is 6.07 Å². The van der Waals surface area contributed by atoms with Crippen molar-refractivity contribution in [1.29, 1.82) is 0 Å². The topological polar surface area (TPSA) is 85.1 Å². The van der Waals surface area contributed by atoms with Crippen molar-refractivity contribution < 1.29 is 12.9 Å². The summed E-state index contributed by atoms with van der Waals surface area (Å²) in [5.74, 6) is 0.841. The number of hydrogen-bond acceptors (Lipinski definition) is 6. The highest BCUT2D eigenvalue weighted by Gasteiger charge is 2.19. The van der Waals surface area contributed by atoms with Crippen LogP contribution < -0.4 is 4.72 Å². The molecule has 3 aromatic rings. The van der Waals surface area contributed by atoms with Gasteiger partial charge in [-0.1, -0.05) is 11.2 Å². The van der Waals surface area contributed by atoms with E-state index < -0.39 is 10.0 Å². The molecule has 0 aliphatic rings. The van der Waals surface area contributed by atoms with Crippen molar-refractivity contribution in [2.45, 2.75) is 18.1 Å². The molecule has 0 radical (unpaired) electrons. The highest BCUT2D eigenvalue weighted by molar-refractivity contribution is 7.94. The Kier molecular flexibility index (Phi) is 3.71. The summed E-state index contributed by atoms with van der Waals surface area (Å²) in [6.07, 6.45) is 1.61. The Balaban J connectivity index is 1.86. The number of pyridine rings is 1. The van der Waals surface area contributed by atoms with Crippen molar-refractivity contribution in [2.75, 3.05) is 4.72 Å². The van der Waals surface area contributed by atoms with Gasteiger partial charge in [0.05, 0.1) is 10.6 Å². The van der Waals surface area contributed by atoms with Crippen LogP contribution in [0.25, 0.3) is 10.6 Å². The molecule has 0 saturated carbocycles. The number of nitrogens with zero attached hydrogens (tertiary/aromatic N) is 2. The standard InChI is InChI=1S/C14H13N3O3S2/c1-9-3-5-13(15-8-9)17-22(18,19)14-6-4-12(21-14)11-7-10(2)16-20-11/h3-8H,1-2H3,(H,15,17). The van der Waals surface area contributed by atoms with Crippen molar-refractivity contribution in [3.05, 3.63) is 47.8 Å². The molecule has 3 heterocycles. The third-order valence-corrected chi connectivity index (χ3v) is 5.81. The number of aryl methyl sites for hydroxylation is 2. The number of rotatable bonds is 4. The lowest BCUT2D eigenvalue weighted by Gasteiger charge is -2.05. The van der Waals surface area contributed by atoms with Gasteiger partial charge in [0.1, 0.15) is 10.0 Å². The van der Waals surface area contributed by atoms with Gasteiger partial charge in [-0.2, -0.15) is 0 Å². The van der Waals surface area contributed by atoms with Gasteiger partial charge in [0.2, 0.25) is 0 Å². The predicted octanol–water partition coefficient (Wildman–Crippen LogP) is 3.22. The Labute approximate surface area is 131 Å². The minimum atomic E-state index is -3.66. The molecule has 0 aliphatic heterocycles. The molecular weight excluding hydrogens is 322 g/mol. The molecule has 0 spiro atoms. The summed E-state index contributed by atoms with van der Waals surface area (Å²) in [6.45, 7) is 3.69. The number of aromatic nitrogens is 2. The van der Waals surface area contributed by atoms with Crippen LogP contribution in [0.1, 0.15) is 11.3 Å². The third-order valence-electron chi connectivity index (χ3n) is 2.87. The highest BCUT2D eigenvalue weighted by atomic mass is 32.2. The van der Waals surface area contributed by atoms with E-state index in [9.17, 15) is 8.42 Å². The van der Waals surface area contributed by atoms with Gasteiger partial charge >= 0.3 is 0 Å². The minimum Gasteiger partial charge on any atom is -0.355 e. The molecule has 114 valence electrons. The van der Waals surface area contributed by atoms with Gasteiger partial charge in [-0.15, -0.1) is 11.3 Å². The van der Waals surface area contributed by atoms with Crippen molar-refractivity contribution in [1.82, 2.24) is 10.1 Å². The lowest BCUT2D eigenvalue weighted by Crippen LogP contribution is -2.12. The zero-order valence-corrected chi connectivity index (χ0v) is 13.5. The Bertz CT molecular complexity index is 896. The molecule has 0 amide bonds. The maximum absolute atomic E-state index is 12.3. The van der Waals surface area contributed by atoms with Crippen LogP contribution in [0.3, 0.4) is 0 Å². The van der Waals surface area contributed by atoms with E-state index in [0.29, 0.717) is 10.6 Å². The Morgan fingerprint density at radius 2 is 2.00 bits per heavy atom. The zero-order chi connectivity index (χ0) is 15.7. The first-order valence-corrected chi connectivity index (χ1v) is 8.73. The van der Waals surface area contributed by atoms with Crippen LogP contribution in [-0.2, 0) is 10.0 Å². The van der Waals surface area contributed by atoms with Gasteiger partial charge in [0, 0.05) is 12.3 Å². The molecule has 0 atom stereocenters. The van der Waals surface area contributed by atoms with Crippen LogP contribution in [0.2, 0.25) is 0 Å². The summed E-state index contributed by atoms with van der Waals surface area (Å²) in [5, 5.41) is 3.80. The molecule has 0 aromatic carbocycles. The fourth-order valence-electron chi connectivity index (χ4n) is 1.79. The van der Waals surface area contributed by atoms with E-state index in [1.807, 2.05) is 13.8 Å². The lowest BCUT2D eigenvalue weighted by molar-refractivity contribution is 0.428. The molecule has 0 fully saturated rings. The second kappa shape index (κ2) is 5.54. The van der Waals surface area contributed by atoms with Crippen LogP contribution in [0.4, 0.5) is 5.82 Å². The maximum atomic E-state index is 12.3. The first-order valence-electron chi connectivity index (χ1n) is 6.43. The fourth-order valence-corrected chi connectivity index (χ4v) is 4.06. The smallest absolute Gasteiger partial charge is 0.272 e. The fraction of sp³-hybridized carbons (Fsp3) is 0.143. The molecule has 0 saturated heterocycles. The third kappa shape index (κ3) is 3.02. The van der Waals surface area contributed by atoms with E-state index in [1.54, 1.807) is 30.5 Å². The monoisotopic (exact) mass is 335 g/mol. The molecule has 6 nitrogen and oxygen atoms in total. The second-order valence-corrected chi connectivity index (χ2v) is 7.77. The zero-order valence-electron chi connectivity index (χ0n) is 11.9. The second-order valence-electron chi connectivity index (χ2n) is 4.78. The normalized spacial score (nSPS) is 11.5. The van der Waals surface area contributed by atoms with Gasteiger partial charge in [-0.25, -0.2) is 13.4 Å². The number of anilines is 1. The summed E-state index contributed by atoms with van der Waals surface area (Å²) in [4.78, 5) is 4.75. The summed E-state index contributed by atoms with van der Waals surface area (Å²) in [5.41, 5.74) is 1.71. The van der Waals surface area contributed by atoms with E-state index in [0.717, 1.165) is 22.6 Å². The van der Waals surface area contributed by atoms with Gasteiger partial charge in [0.25, 0.3) is 10.0 Å². The average Bonchev–Trinajstić information content (AvgIpc) is 3.10. The molecule has 22 heavy (non-hydrogen) atoms. The molecule has 8 heteroatoms. The van der Waals surface area contributed by atoms with Crippen molar-refractivity contribution in [3.8, 4) is 10.6 Å². The molecule has 3 rings (SSSR count). The van der Waals surface area contributed by atoms with Crippen molar-refractivity contribution in [3.63, 3.8) is 0 Å². The maximum Gasteiger partial charge on any atom is 0.272 e. The van der Waals surface area contributed by atoms with Gasteiger partial charge in [0.15, 0.2) is 5.76 Å². The van der Waals surface area contributed by atoms with Crippen LogP contribution in [0, 0.1) is 13.8 Å². The predicted molar refractivity (Wildman–Crippen MR) is 84.3 cm³/mol. The minimum absolute atomic E-state index is 0.193. The SMILES string of the molecule is Cc1ccc(NS(=O)(=O)c2ccc(-c3cc(C)no3)s2)nc1. The average molecular weight is 335 g/mol. The van der Waals surface area contributed by atoms with Crippen molar-refractivity contribution >= 4 is 27.2 Å². The first kappa shape index (κ1) is 14.7. The number of thiophene rings is 1.